The van der Waals surface area contributed by atoms with Crippen molar-refractivity contribution in [3.05, 3.63) is 11.6 Å². The highest BCUT2D eigenvalue weighted by atomic mass is 16.5. The van der Waals surface area contributed by atoms with Crippen LogP contribution in [0.4, 0.5) is 4.79 Å². The summed E-state index contributed by atoms with van der Waals surface area (Å²) >= 11 is 0. The maximum absolute atomic E-state index is 12.3. The first-order chi connectivity index (χ1) is 11.0. The van der Waals surface area contributed by atoms with E-state index in [-0.39, 0.29) is 19.1 Å². The van der Waals surface area contributed by atoms with Gasteiger partial charge in [-0.05, 0) is 39.0 Å². The van der Waals surface area contributed by atoms with Crippen LogP contribution in [0.25, 0.3) is 0 Å². The minimum absolute atomic E-state index is 0.0733. The van der Waals surface area contributed by atoms with Crippen LogP contribution in [-0.2, 0) is 14.3 Å². The standard InChI is InChI=1S/C16H25N3O4/c1-16(11-23-2)14(21)19(15(22)18-16)10-13(20)17-9-8-12-6-4-3-5-7-12/h6H,3-5,7-11H2,1-2H3,(H,17,20)(H,18,22). The van der Waals surface area contributed by atoms with Gasteiger partial charge in [0, 0.05) is 13.7 Å². The van der Waals surface area contributed by atoms with Gasteiger partial charge in [-0.2, -0.15) is 0 Å². The highest BCUT2D eigenvalue weighted by Crippen LogP contribution is 2.19. The van der Waals surface area contributed by atoms with Gasteiger partial charge in [0.15, 0.2) is 0 Å². The minimum Gasteiger partial charge on any atom is -0.382 e. The lowest BCUT2D eigenvalue weighted by Crippen LogP contribution is -2.48. The summed E-state index contributed by atoms with van der Waals surface area (Å²) in [5.74, 6) is -0.763. The maximum atomic E-state index is 12.3. The predicted molar refractivity (Wildman–Crippen MR) is 84.7 cm³/mol. The zero-order valence-electron chi connectivity index (χ0n) is 13.8. The van der Waals surface area contributed by atoms with Crippen molar-refractivity contribution in [3.63, 3.8) is 0 Å². The van der Waals surface area contributed by atoms with Crippen molar-refractivity contribution in [1.29, 1.82) is 0 Å². The van der Waals surface area contributed by atoms with Crippen LogP contribution >= 0.6 is 0 Å². The molecule has 7 heteroatoms. The van der Waals surface area contributed by atoms with Crippen LogP contribution in [0.2, 0.25) is 0 Å². The van der Waals surface area contributed by atoms with Gasteiger partial charge in [-0.15, -0.1) is 0 Å². The summed E-state index contributed by atoms with van der Waals surface area (Å²) in [6.07, 6.45) is 7.72. The van der Waals surface area contributed by atoms with Gasteiger partial charge in [-0.1, -0.05) is 11.6 Å². The van der Waals surface area contributed by atoms with Crippen molar-refractivity contribution in [3.8, 4) is 0 Å². The molecule has 2 N–H and O–H groups in total. The van der Waals surface area contributed by atoms with Gasteiger partial charge in [-0.3, -0.25) is 14.5 Å². The molecule has 7 nitrogen and oxygen atoms in total. The summed E-state index contributed by atoms with van der Waals surface area (Å²) in [5.41, 5.74) is 0.276. The monoisotopic (exact) mass is 323 g/mol. The number of nitrogens with one attached hydrogen (secondary N) is 2. The second kappa shape index (κ2) is 7.59. The van der Waals surface area contributed by atoms with Crippen LogP contribution < -0.4 is 10.6 Å². The lowest BCUT2D eigenvalue weighted by molar-refractivity contribution is -0.135. The fourth-order valence-corrected chi connectivity index (χ4v) is 2.97. The molecular formula is C16H25N3O4. The quantitative estimate of drug-likeness (QED) is 0.539. The third kappa shape index (κ3) is 4.31. The molecule has 0 saturated carbocycles. The number of imide groups is 1. The second-order valence-electron chi connectivity index (χ2n) is 6.29. The molecule has 1 fully saturated rings. The Balaban J connectivity index is 1.79. The van der Waals surface area contributed by atoms with Crippen LogP contribution in [0.5, 0.6) is 0 Å². The maximum Gasteiger partial charge on any atom is 0.325 e. The van der Waals surface area contributed by atoms with Crippen LogP contribution in [0.3, 0.4) is 0 Å². The van der Waals surface area contributed by atoms with Gasteiger partial charge in [0.05, 0.1) is 6.61 Å². The molecule has 1 unspecified atom stereocenters. The van der Waals surface area contributed by atoms with Crippen molar-refractivity contribution < 1.29 is 19.1 Å². The molecule has 0 aromatic heterocycles. The first-order valence-corrected chi connectivity index (χ1v) is 8.04. The van der Waals surface area contributed by atoms with E-state index >= 15 is 0 Å². The number of nitrogens with zero attached hydrogens (tertiary/aromatic N) is 1. The predicted octanol–water partition coefficient (Wildman–Crippen LogP) is 0.950. The third-order valence-electron chi connectivity index (χ3n) is 4.23. The molecule has 128 valence electrons. The van der Waals surface area contributed by atoms with Crippen molar-refractivity contribution >= 4 is 17.8 Å². The largest absolute Gasteiger partial charge is 0.382 e. The third-order valence-corrected chi connectivity index (χ3v) is 4.23. The first kappa shape index (κ1) is 17.5. The second-order valence-corrected chi connectivity index (χ2v) is 6.29. The average molecular weight is 323 g/mol. The Kier molecular flexibility index (Phi) is 5.76. The lowest BCUT2D eigenvalue weighted by atomic mass is 9.97. The number of hydrogen-bond acceptors (Lipinski definition) is 4. The SMILES string of the molecule is COCC1(C)NC(=O)N(CC(=O)NCCC2=CCCCC2)C1=O. The molecule has 2 rings (SSSR count). The lowest BCUT2D eigenvalue weighted by Gasteiger charge is -2.20. The van der Waals surface area contributed by atoms with Crippen LogP contribution in [-0.4, -0.2) is 55.1 Å². The zero-order valence-corrected chi connectivity index (χ0v) is 13.8. The molecule has 1 saturated heterocycles. The van der Waals surface area contributed by atoms with Crippen molar-refractivity contribution in [2.75, 3.05) is 26.8 Å². The molecular weight excluding hydrogens is 298 g/mol. The Hall–Kier alpha value is -1.89. The van der Waals surface area contributed by atoms with Gasteiger partial charge in [-0.25, -0.2) is 4.79 Å². The molecule has 1 atom stereocenters. The molecule has 2 aliphatic rings. The van der Waals surface area contributed by atoms with E-state index in [0.717, 1.165) is 24.2 Å². The van der Waals surface area contributed by atoms with E-state index in [1.54, 1.807) is 6.92 Å². The number of amides is 4. The number of methoxy groups -OCH3 is 1. The van der Waals surface area contributed by atoms with Crippen LogP contribution in [0.15, 0.2) is 11.6 Å². The number of carbonyl (C=O) groups excluding carboxylic acids is 3. The number of carbonyl (C=O) groups is 3. The Bertz CT molecular complexity index is 517. The molecule has 0 aromatic carbocycles. The average Bonchev–Trinajstić information content (AvgIpc) is 2.72. The van der Waals surface area contributed by atoms with Gasteiger partial charge in [0.1, 0.15) is 12.1 Å². The molecule has 1 aliphatic carbocycles. The zero-order chi connectivity index (χ0) is 16.9. The summed E-state index contributed by atoms with van der Waals surface area (Å²) in [4.78, 5) is 37.0. The van der Waals surface area contributed by atoms with E-state index in [4.69, 9.17) is 4.74 Å². The minimum atomic E-state index is -1.10. The van der Waals surface area contributed by atoms with E-state index in [9.17, 15) is 14.4 Å². The molecule has 0 bridgehead atoms. The van der Waals surface area contributed by atoms with Crippen molar-refractivity contribution in [2.24, 2.45) is 0 Å². The molecule has 23 heavy (non-hydrogen) atoms. The fraction of sp³-hybridized carbons (Fsp3) is 0.688. The van der Waals surface area contributed by atoms with Crippen molar-refractivity contribution in [2.45, 2.75) is 44.6 Å². The molecule has 0 spiro atoms. The topological polar surface area (TPSA) is 87.7 Å². The van der Waals surface area contributed by atoms with E-state index in [1.807, 2.05) is 0 Å². The first-order valence-electron chi connectivity index (χ1n) is 8.04. The van der Waals surface area contributed by atoms with Gasteiger partial charge in [0.25, 0.3) is 5.91 Å². The summed E-state index contributed by atoms with van der Waals surface area (Å²) in [5, 5.41) is 5.34. The number of rotatable bonds is 7. The van der Waals surface area contributed by atoms with E-state index < -0.39 is 17.5 Å². The van der Waals surface area contributed by atoms with Crippen molar-refractivity contribution in [1.82, 2.24) is 15.5 Å². The highest BCUT2D eigenvalue weighted by molar-refractivity contribution is 6.08. The normalized spacial score (nSPS) is 24.4. The van der Waals surface area contributed by atoms with Gasteiger partial charge >= 0.3 is 6.03 Å². The molecule has 4 amide bonds. The number of allylic oxidation sites excluding steroid dienone is 1. The number of urea groups is 1. The Labute approximate surface area is 136 Å². The van der Waals surface area contributed by atoms with Crippen LogP contribution in [0, 0.1) is 0 Å². The van der Waals surface area contributed by atoms with E-state index in [2.05, 4.69) is 16.7 Å². The molecule has 1 heterocycles. The van der Waals surface area contributed by atoms with Gasteiger partial charge in [0.2, 0.25) is 5.91 Å². The molecule has 1 aliphatic heterocycles. The number of hydrogen-bond donors (Lipinski definition) is 2. The Morgan fingerprint density at radius 1 is 1.43 bits per heavy atom. The highest BCUT2D eigenvalue weighted by Gasteiger charge is 2.48. The van der Waals surface area contributed by atoms with Crippen LogP contribution in [0.1, 0.15) is 39.0 Å². The van der Waals surface area contributed by atoms with E-state index in [1.165, 1.54) is 25.5 Å². The smallest absolute Gasteiger partial charge is 0.325 e. The summed E-state index contributed by atoms with van der Waals surface area (Å²) < 4.78 is 4.96. The Morgan fingerprint density at radius 3 is 2.87 bits per heavy atom. The number of ether oxygens (including phenoxy) is 1. The molecule has 0 radical (unpaired) electrons. The summed E-state index contributed by atoms with van der Waals surface area (Å²) in [6.45, 7) is 1.93. The van der Waals surface area contributed by atoms with Gasteiger partial charge < -0.3 is 15.4 Å². The summed E-state index contributed by atoms with van der Waals surface area (Å²) in [6, 6.07) is -0.556. The van der Waals surface area contributed by atoms with E-state index in [0.29, 0.717) is 6.54 Å². The Morgan fingerprint density at radius 2 is 2.22 bits per heavy atom. The molecule has 0 aromatic rings. The fourth-order valence-electron chi connectivity index (χ4n) is 2.97. The summed E-state index contributed by atoms with van der Waals surface area (Å²) in [7, 11) is 1.46.